The van der Waals surface area contributed by atoms with E-state index in [0.717, 1.165) is 41.4 Å². The highest BCUT2D eigenvalue weighted by Crippen LogP contribution is 2.26. The zero-order valence-corrected chi connectivity index (χ0v) is 19.6. The zero-order chi connectivity index (χ0) is 23.4. The number of carbonyl (C=O) groups excluding carboxylic acids is 1. The average molecular weight is 446 g/mol. The topological polar surface area (TPSA) is 63.4 Å². The first-order chi connectivity index (χ1) is 16.0. The number of amides is 1. The first-order valence-corrected chi connectivity index (χ1v) is 11.4. The molecule has 0 bridgehead atoms. The summed E-state index contributed by atoms with van der Waals surface area (Å²) in [4.78, 5) is 30.6. The van der Waals surface area contributed by atoms with Crippen LogP contribution in [0.4, 0.5) is 0 Å². The van der Waals surface area contributed by atoms with Gasteiger partial charge >= 0.3 is 0 Å². The highest BCUT2D eigenvalue weighted by molar-refractivity contribution is 6.07. The monoisotopic (exact) mass is 445 g/mol. The van der Waals surface area contributed by atoms with Crippen molar-refractivity contribution in [1.82, 2.24) is 24.1 Å². The minimum Gasteiger partial charge on any atom is -0.336 e. The lowest BCUT2D eigenvalue weighted by Gasteiger charge is -2.24. The second kappa shape index (κ2) is 10.0. The van der Waals surface area contributed by atoms with Gasteiger partial charge in [0, 0.05) is 42.5 Å². The number of fused-ring (bicyclic) bond motifs is 3. The van der Waals surface area contributed by atoms with Crippen LogP contribution in [0.25, 0.3) is 21.8 Å². The van der Waals surface area contributed by atoms with Crippen molar-refractivity contribution >= 4 is 27.7 Å². The molecular weight excluding hydrogens is 414 g/mol. The number of rotatable bonds is 9. The molecule has 0 unspecified atom stereocenters. The van der Waals surface area contributed by atoms with Gasteiger partial charge in [0.1, 0.15) is 12.1 Å². The molecule has 7 nitrogen and oxygen atoms in total. The van der Waals surface area contributed by atoms with E-state index in [1.165, 1.54) is 4.68 Å². The van der Waals surface area contributed by atoms with Crippen molar-refractivity contribution in [2.75, 3.05) is 27.2 Å². The molecule has 0 aliphatic rings. The van der Waals surface area contributed by atoms with Crippen LogP contribution in [0.3, 0.4) is 0 Å². The van der Waals surface area contributed by atoms with Crippen molar-refractivity contribution in [2.45, 2.75) is 33.0 Å². The molecule has 2 aromatic carbocycles. The van der Waals surface area contributed by atoms with E-state index >= 15 is 0 Å². The Labute approximate surface area is 193 Å². The van der Waals surface area contributed by atoms with Gasteiger partial charge in [0.05, 0.1) is 6.20 Å². The van der Waals surface area contributed by atoms with Crippen LogP contribution >= 0.6 is 0 Å². The first-order valence-electron chi connectivity index (χ1n) is 11.4. The second-order valence-corrected chi connectivity index (χ2v) is 8.64. The minimum absolute atomic E-state index is 0.0807. The van der Waals surface area contributed by atoms with Crippen molar-refractivity contribution in [1.29, 1.82) is 0 Å². The fraction of sp³-hybridized carbons (Fsp3) is 0.346. The summed E-state index contributed by atoms with van der Waals surface area (Å²) in [5.41, 5.74) is 2.47. The van der Waals surface area contributed by atoms with E-state index in [2.05, 4.69) is 16.6 Å². The quantitative estimate of drug-likeness (QED) is 0.396. The van der Waals surface area contributed by atoms with Crippen LogP contribution < -0.4 is 5.56 Å². The number of hydrogen-bond donors (Lipinski definition) is 0. The third kappa shape index (κ3) is 4.83. The van der Waals surface area contributed by atoms with Gasteiger partial charge in [0.25, 0.3) is 5.56 Å². The summed E-state index contributed by atoms with van der Waals surface area (Å²) in [5, 5.41) is 6.24. The predicted molar refractivity (Wildman–Crippen MR) is 132 cm³/mol. The van der Waals surface area contributed by atoms with E-state index in [0.29, 0.717) is 18.6 Å². The van der Waals surface area contributed by atoms with Gasteiger partial charge in [-0.3, -0.25) is 9.59 Å². The Morgan fingerprint density at radius 3 is 2.42 bits per heavy atom. The number of nitrogens with zero attached hydrogens (tertiary/aromatic N) is 5. The van der Waals surface area contributed by atoms with Gasteiger partial charge in [-0.15, -0.1) is 0 Å². The maximum absolute atomic E-state index is 13.5. The summed E-state index contributed by atoms with van der Waals surface area (Å²) < 4.78 is 3.37. The molecule has 0 saturated heterocycles. The molecule has 4 aromatic rings. The van der Waals surface area contributed by atoms with E-state index < -0.39 is 0 Å². The van der Waals surface area contributed by atoms with Gasteiger partial charge in [-0.2, -0.15) is 5.10 Å². The average Bonchev–Trinajstić information content (AvgIpc) is 3.13. The molecule has 0 saturated carbocycles. The minimum atomic E-state index is -0.224. The van der Waals surface area contributed by atoms with Crippen LogP contribution in [0.2, 0.25) is 0 Å². The smallest absolute Gasteiger partial charge is 0.291 e. The van der Waals surface area contributed by atoms with E-state index in [1.807, 2.05) is 73.6 Å². The summed E-state index contributed by atoms with van der Waals surface area (Å²) in [6.07, 6.45) is 2.63. The van der Waals surface area contributed by atoms with Gasteiger partial charge in [-0.25, -0.2) is 4.68 Å². The predicted octanol–water partition coefficient (Wildman–Crippen LogP) is 3.35. The molecule has 0 spiro atoms. The maximum Gasteiger partial charge on any atom is 0.291 e. The lowest BCUT2D eigenvalue weighted by molar-refractivity contribution is -0.132. The molecule has 2 aromatic heterocycles. The molecule has 0 aliphatic carbocycles. The Kier molecular flexibility index (Phi) is 6.89. The van der Waals surface area contributed by atoms with Crippen molar-refractivity contribution in [3.8, 4) is 0 Å². The van der Waals surface area contributed by atoms with Gasteiger partial charge < -0.3 is 14.4 Å². The molecule has 0 N–H and O–H groups in total. The van der Waals surface area contributed by atoms with E-state index in [9.17, 15) is 9.59 Å². The standard InChI is InChI=1S/C26H31N5O2/c1-4-14-30-23-13-9-8-12-21(23)22-17-27-31(26(33)25(22)30)19-24(32)29(16-15-28(2)3)18-20-10-6-5-7-11-20/h5-13,17H,4,14-16,18-19H2,1-3H3. The highest BCUT2D eigenvalue weighted by atomic mass is 16.2. The van der Waals surface area contributed by atoms with Crippen LogP contribution in [0, 0.1) is 0 Å². The number of likely N-dealkylation sites (N-methyl/N-ethyl adjacent to an activating group) is 1. The summed E-state index contributed by atoms with van der Waals surface area (Å²) in [5.74, 6) is -0.118. The van der Waals surface area contributed by atoms with Crippen LogP contribution in [0.15, 0.2) is 65.6 Å². The van der Waals surface area contributed by atoms with E-state index in [4.69, 9.17) is 0 Å². The molecule has 0 fully saturated rings. The number of aromatic nitrogens is 3. The molecular formula is C26H31N5O2. The third-order valence-electron chi connectivity index (χ3n) is 5.89. The van der Waals surface area contributed by atoms with Gasteiger partial charge in [0.15, 0.2) is 0 Å². The molecule has 0 radical (unpaired) electrons. The Bertz CT molecular complexity index is 1310. The molecule has 2 heterocycles. The molecule has 1 amide bonds. The van der Waals surface area contributed by atoms with Gasteiger partial charge in [-0.1, -0.05) is 55.5 Å². The Balaban J connectivity index is 1.68. The summed E-state index contributed by atoms with van der Waals surface area (Å²) in [7, 11) is 3.97. The van der Waals surface area contributed by atoms with E-state index in [-0.39, 0.29) is 18.0 Å². The Morgan fingerprint density at radius 2 is 1.70 bits per heavy atom. The second-order valence-electron chi connectivity index (χ2n) is 8.64. The van der Waals surface area contributed by atoms with Crippen molar-refractivity contribution in [2.24, 2.45) is 0 Å². The molecule has 0 aliphatic heterocycles. The number of para-hydroxylation sites is 1. The molecule has 4 rings (SSSR count). The summed E-state index contributed by atoms with van der Waals surface area (Å²) in [6, 6.07) is 17.9. The maximum atomic E-state index is 13.5. The van der Waals surface area contributed by atoms with Gasteiger partial charge in [0.2, 0.25) is 5.91 Å². The number of hydrogen-bond acceptors (Lipinski definition) is 4. The van der Waals surface area contributed by atoms with Gasteiger partial charge in [-0.05, 0) is 32.1 Å². The molecule has 0 atom stereocenters. The van der Waals surface area contributed by atoms with Crippen LogP contribution in [-0.2, 0) is 24.4 Å². The highest BCUT2D eigenvalue weighted by Gasteiger charge is 2.19. The number of carbonyl (C=O) groups is 1. The molecule has 33 heavy (non-hydrogen) atoms. The summed E-state index contributed by atoms with van der Waals surface area (Å²) in [6.45, 7) is 4.57. The molecule has 7 heteroatoms. The summed E-state index contributed by atoms with van der Waals surface area (Å²) >= 11 is 0. The van der Waals surface area contributed by atoms with Crippen molar-refractivity contribution < 1.29 is 4.79 Å². The fourth-order valence-corrected chi connectivity index (χ4v) is 4.21. The lowest BCUT2D eigenvalue weighted by Crippen LogP contribution is -2.40. The largest absolute Gasteiger partial charge is 0.336 e. The Morgan fingerprint density at radius 1 is 0.970 bits per heavy atom. The fourth-order valence-electron chi connectivity index (χ4n) is 4.21. The molecule has 172 valence electrons. The number of aryl methyl sites for hydroxylation is 1. The lowest BCUT2D eigenvalue weighted by atomic mass is 10.2. The SMILES string of the molecule is CCCn1c2ccccc2c2cnn(CC(=O)N(CCN(C)C)Cc3ccccc3)c(=O)c21. The normalized spacial score (nSPS) is 11.5. The van der Waals surface area contributed by atoms with Crippen molar-refractivity contribution in [3.63, 3.8) is 0 Å². The number of benzene rings is 2. The van der Waals surface area contributed by atoms with Crippen LogP contribution in [0.5, 0.6) is 0 Å². The zero-order valence-electron chi connectivity index (χ0n) is 19.6. The first kappa shape index (κ1) is 22.7. The third-order valence-corrected chi connectivity index (χ3v) is 5.89. The Hall–Kier alpha value is -3.45. The van der Waals surface area contributed by atoms with Crippen LogP contribution in [0.1, 0.15) is 18.9 Å². The van der Waals surface area contributed by atoms with Crippen molar-refractivity contribution in [3.05, 3.63) is 76.7 Å². The van der Waals surface area contributed by atoms with E-state index in [1.54, 1.807) is 11.1 Å². The van der Waals surface area contributed by atoms with Crippen LogP contribution in [-0.4, -0.2) is 57.2 Å².